The molecule has 2 saturated heterocycles. The molecule has 0 aromatic heterocycles. The minimum absolute atomic E-state index is 0.00888. The Labute approximate surface area is 363 Å². The van der Waals surface area contributed by atoms with Crippen LogP contribution in [0.4, 0.5) is 0 Å². The summed E-state index contributed by atoms with van der Waals surface area (Å²) in [6.45, 7) is 5.48. The second-order valence-electron chi connectivity index (χ2n) is 15.9. The van der Waals surface area contributed by atoms with Crippen LogP contribution in [0, 0.1) is 17.3 Å². The van der Waals surface area contributed by atoms with Gasteiger partial charge in [0.05, 0.1) is 30.9 Å². The van der Waals surface area contributed by atoms with Gasteiger partial charge < -0.3 is 29.0 Å². The molecule has 1 N–H and O–H groups in total. The third-order valence-electron chi connectivity index (χ3n) is 11.8. The number of amides is 1. The number of Topliss-reactive ketones (excluding diaryl/α,β-unsaturated/α-hetero) is 1. The first-order valence-corrected chi connectivity index (χ1v) is 21.1. The highest BCUT2D eigenvalue weighted by Crippen LogP contribution is 2.70. The first kappa shape index (κ1) is 42.0. The van der Waals surface area contributed by atoms with Gasteiger partial charge in [-0.1, -0.05) is 109 Å². The van der Waals surface area contributed by atoms with Crippen molar-refractivity contribution in [1.82, 2.24) is 4.90 Å². The lowest BCUT2D eigenvalue weighted by molar-refractivity contribution is -0.271. The molecule has 61 heavy (non-hydrogen) atoms. The Morgan fingerprint density at radius 2 is 1.44 bits per heavy atom. The SMILES string of the molecule is COc1ccc(C(C)OC(=O)C2=CC(C(=O)Oc3ccccc3)C3(C(=O)N4[C@@H](C(O)(OCc5ccccc5)c5ccccc5)C(C)(C)S[C@@H]43)C2C(=O)c2ccc(Cl)cc2)cc1. The van der Waals surface area contributed by atoms with Crippen molar-refractivity contribution in [3.05, 3.63) is 178 Å². The quantitative estimate of drug-likeness (QED) is 0.0404. The molecule has 2 heterocycles. The average molecular weight is 858 g/mol. The first-order valence-electron chi connectivity index (χ1n) is 19.9. The Hall–Kier alpha value is -5.72. The normalized spacial score (nSPS) is 23.9. The Bertz CT molecular complexity index is 2470. The van der Waals surface area contributed by atoms with Crippen LogP contribution >= 0.6 is 23.4 Å². The lowest BCUT2D eigenvalue weighted by Crippen LogP contribution is -2.76. The number of hydrogen-bond donors (Lipinski definition) is 1. The molecule has 1 spiro atoms. The number of carbonyl (C=O) groups is 4. The van der Waals surface area contributed by atoms with Gasteiger partial charge in [-0.2, -0.15) is 0 Å². The van der Waals surface area contributed by atoms with Crippen LogP contribution < -0.4 is 9.47 Å². The van der Waals surface area contributed by atoms with E-state index in [-0.39, 0.29) is 23.5 Å². The third-order valence-corrected chi connectivity index (χ3v) is 13.8. The number of rotatable bonds is 13. The van der Waals surface area contributed by atoms with Crippen LogP contribution in [-0.4, -0.2) is 56.9 Å². The number of para-hydroxylation sites is 1. The molecule has 5 unspecified atom stereocenters. The second-order valence-corrected chi connectivity index (χ2v) is 18.1. The number of aliphatic hydroxyl groups is 1. The fourth-order valence-electron chi connectivity index (χ4n) is 8.95. The molecular formula is C49H44ClNO9S. The maximum absolute atomic E-state index is 15.7. The average Bonchev–Trinajstić information content (AvgIpc) is 3.79. The van der Waals surface area contributed by atoms with Crippen LogP contribution in [0.1, 0.15) is 53.9 Å². The van der Waals surface area contributed by atoms with Crippen molar-refractivity contribution in [2.75, 3.05) is 7.11 Å². The van der Waals surface area contributed by atoms with Crippen LogP contribution in [0.3, 0.4) is 0 Å². The summed E-state index contributed by atoms with van der Waals surface area (Å²) in [5.41, 5.74) is -0.00962. The molecule has 8 rings (SSSR count). The van der Waals surface area contributed by atoms with Crippen LogP contribution in [0.15, 0.2) is 151 Å². The fraction of sp³-hybridized carbons (Fsp3) is 0.265. The summed E-state index contributed by atoms with van der Waals surface area (Å²) in [5.74, 6) is -7.10. The molecule has 12 heteroatoms. The van der Waals surface area contributed by atoms with Gasteiger partial charge >= 0.3 is 11.9 Å². The number of β-lactam (4-membered cyclic amide) rings is 1. The zero-order chi connectivity index (χ0) is 43.1. The zero-order valence-corrected chi connectivity index (χ0v) is 35.5. The first-order chi connectivity index (χ1) is 29.3. The predicted octanol–water partition coefficient (Wildman–Crippen LogP) is 8.72. The standard InChI is InChI=1S/C49H44ClNO9S/c1-30(32-22-26-36(57-4)27-23-32)59-42(53)38-28-39(43(54)60-37-18-12-7-13-19-37)48(40(38)41(52)33-20-24-35(50)25-21-33)45(55)51-44(47(2,3)61-46(48)51)49(56,34-16-10-6-11-17-34)58-29-31-14-8-5-9-15-31/h5-28,30,39-40,44,46,56H,29H2,1-4H3/t30?,39?,40?,44-,46-,48?,49?/m1/s1. The van der Waals surface area contributed by atoms with E-state index in [1.165, 1.54) is 34.9 Å². The molecule has 5 aromatic carbocycles. The van der Waals surface area contributed by atoms with Gasteiger partial charge in [-0.15, -0.1) is 11.8 Å². The molecule has 7 atom stereocenters. The van der Waals surface area contributed by atoms with Crippen molar-refractivity contribution in [2.24, 2.45) is 17.3 Å². The summed E-state index contributed by atoms with van der Waals surface area (Å²) < 4.78 is 22.9. The van der Waals surface area contributed by atoms with Gasteiger partial charge in [0.25, 0.3) is 0 Å². The van der Waals surface area contributed by atoms with E-state index in [1.54, 1.807) is 105 Å². The predicted molar refractivity (Wildman–Crippen MR) is 231 cm³/mol. The molecule has 5 aromatic rings. The molecule has 0 bridgehead atoms. The Morgan fingerprint density at radius 1 is 0.836 bits per heavy atom. The van der Waals surface area contributed by atoms with Crippen molar-refractivity contribution in [3.63, 3.8) is 0 Å². The number of benzene rings is 5. The van der Waals surface area contributed by atoms with E-state index in [2.05, 4.69) is 0 Å². The number of ether oxygens (including phenoxy) is 4. The molecule has 2 fully saturated rings. The topological polar surface area (TPSA) is 129 Å². The summed E-state index contributed by atoms with van der Waals surface area (Å²) in [5, 5.41) is 12.4. The number of fused-ring (bicyclic) bond motifs is 2. The van der Waals surface area contributed by atoms with E-state index in [0.717, 1.165) is 5.56 Å². The third kappa shape index (κ3) is 7.43. The molecule has 1 aliphatic carbocycles. The highest BCUT2D eigenvalue weighted by atomic mass is 35.5. The van der Waals surface area contributed by atoms with Gasteiger partial charge in [-0.05, 0) is 80.4 Å². The maximum Gasteiger partial charge on any atom is 0.335 e. The van der Waals surface area contributed by atoms with Gasteiger partial charge in [0, 0.05) is 26.5 Å². The van der Waals surface area contributed by atoms with Gasteiger partial charge in [-0.3, -0.25) is 14.4 Å². The summed E-state index contributed by atoms with van der Waals surface area (Å²) in [7, 11) is 1.55. The Kier molecular flexibility index (Phi) is 11.4. The van der Waals surface area contributed by atoms with Crippen LogP contribution in [0.5, 0.6) is 11.5 Å². The van der Waals surface area contributed by atoms with E-state index < -0.39 is 68.9 Å². The van der Waals surface area contributed by atoms with Crippen molar-refractivity contribution < 1.29 is 43.2 Å². The van der Waals surface area contributed by atoms with Gasteiger partial charge in [0.2, 0.25) is 11.7 Å². The second kappa shape index (κ2) is 16.6. The van der Waals surface area contributed by atoms with Crippen molar-refractivity contribution in [2.45, 2.75) is 55.4 Å². The van der Waals surface area contributed by atoms with Gasteiger partial charge in [-0.25, -0.2) is 4.79 Å². The van der Waals surface area contributed by atoms with Crippen LogP contribution in [0.25, 0.3) is 0 Å². The summed E-state index contributed by atoms with van der Waals surface area (Å²) in [4.78, 5) is 61.7. The molecule has 3 aliphatic rings. The zero-order valence-electron chi connectivity index (χ0n) is 33.9. The lowest BCUT2D eigenvalue weighted by atomic mass is 9.60. The van der Waals surface area contributed by atoms with E-state index in [0.29, 0.717) is 21.9 Å². The maximum atomic E-state index is 15.7. The minimum Gasteiger partial charge on any atom is -0.497 e. The lowest BCUT2D eigenvalue weighted by Gasteiger charge is -2.58. The minimum atomic E-state index is -2.07. The number of nitrogens with zero attached hydrogens (tertiary/aromatic N) is 1. The Balaban J connectivity index is 1.25. The van der Waals surface area contributed by atoms with Crippen LogP contribution in [0.2, 0.25) is 5.02 Å². The highest BCUT2D eigenvalue weighted by Gasteiger charge is 2.81. The largest absolute Gasteiger partial charge is 0.497 e. The van der Waals surface area contributed by atoms with E-state index in [9.17, 15) is 14.7 Å². The summed E-state index contributed by atoms with van der Waals surface area (Å²) in [6.07, 6.45) is 0.579. The van der Waals surface area contributed by atoms with E-state index in [4.69, 9.17) is 30.5 Å². The van der Waals surface area contributed by atoms with Crippen molar-refractivity contribution in [3.8, 4) is 11.5 Å². The number of thioether (sulfide) groups is 1. The Morgan fingerprint density at radius 3 is 2.07 bits per heavy atom. The molecule has 0 saturated carbocycles. The fourth-order valence-corrected chi connectivity index (χ4v) is 11.0. The van der Waals surface area contributed by atoms with E-state index >= 15 is 9.59 Å². The smallest absolute Gasteiger partial charge is 0.335 e. The molecule has 2 aliphatic heterocycles. The van der Waals surface area contributed by atoms with Crippen molar-refractivity contribution >= 4 is 47.0 Å². The number of ketones is 1. The number of carbonyl (C=O) groups excluding carboxylic acids is 4. The number of hydrogen-bond acceptors (Lipinski definition) is 10. The molecule has 0 radical (unpaired) electrons. The highest BCUT2D eigenvalue weighted by molar-refractivity contribution is 8.01. The summed E-state index contributed by atoms with van der Waals surface area (Å²) in [6, 6.07) is 38.7. The molecule has 312 valence electrons. The monoisotopic (exact) mass is 857 g/mol. The van der Waals surface area contributed by atoms with Crippen molar-refractivity contribution in [1.29, 1.82) is 0 Å². The number of methoxy groups -OCH3 is 1. The number of esters is 2. The van der Waals surface area contributed by atoms with Gasteiger partial charge in [0.1, 0.15) is 29.1 Å². The van der Waals surface area contributed by atoms with Gasteiger partial charge in [0.15, 0.2) is 5.78 Å². The molecule has 10 nitrogen and oxygen atoms in total. The van der Waals surface area contributed by atoms with Crippen LogP contribution in [-0.2, 0) is 36.3 Å². The molecular weight excluding hydrogens is 814 g/mol. The molecule has 1 amide bonds. The number of halogens is 1. The van der Waals surface area contributed by atoms with E-state index in [1.807, 2.05) is 50.2 Å². The summed E-state index contributed by atoms with van der Waals surface area (Å²) >= 11 is 7.59.